The van der Waals surface area contributed by atoms with Crippen molar-refractivity contribution >= 4 is 21.6 Å². The minimum atomic E-state index is -4.66. The number of likely N-dealkylation sites (N-methyl/N-ethyl adjacent to an activating group) is 1. The second-order valence-electron chi connectivity index (χ2n) is 6.10. The maximum atomic E-state index is 12.8. The molecule has 0 unspecified atom stereocenters. The lowest BCUT2D eigenvalue weighted by molar-refractivity contribution is -0.137. The first-order valence-electron chi connectivity index (χ1n) is 7.92. The van der Waals surface area contributed by atoms with Gasteiger partial charge in [-0.15, -0.1) is 0 Å². The molecule has 0 saturated heterocycles. The van der Waals surface area contributed by atoms with Gasteiger partial charge in [-0.25, -0.2) is 8.42 Å². The van der Waals surface area contributed by atoms with Crippen LogP contribution in [-0.2, 0) is 21.0 Å². The summed E-state index contributed by atoms with van der Waals surface area (Å²) in [6, 6.07) is 8.83. The van der Waals surface area contributed by atoms with Gasteiger partial charge in [-0.05, 0) is 43.2 Å². The minimum absolute atomic E-state index is 0.528. The highest BCUT2D eigenvalue weighted by molar-refractivity contribution is 7.89. The quantitative estimate of drug-likeness (QED) is 0.834. The summed E-state index contributed by atoms with van der Waals surface area (Å²) in [5.74, 6) is -0.592. The highest BCUT2D eigenvalue weighted by atomic mass is 32.2. The molecule has 0 aliphatic carbocycles. The Morgan fingerprint density at radius 1 is 1.07 bits per heavy atom. The monoisotopic (exact) mass is 400 g/mol. The Morgan fingerprint density at radius 2 is 1.63 bits per heavy atom. The summed E-state index contributed by atoms with van der Waals surface area (Å²) < 4.78 is 64.2. The van der Waals surface area contributed by atoms with E-state index in [1.54, 1.807) is 26.0 Å². The molecule has 2 rings (SSSR count). The first-order valence-corrected chi connectivity index (χ1v) is 9.36. The fraction of sp³-hybridized carbons (Fsp3) is 0.278. The lowest BCUT2D eigenvalue weighted by Crippen LogP contribution is -2.35. The summed E-state index contributed by atoms with van der Waals surface area (Å²) in [6.45, 7) is 3.06. The number of sulfonamides is 1. The van der Waals surface area contributed by atoms with Gasteiger partial charge in [0, 0.05) is 12.7 Å². The number of carbonyl (C=O) groups is 1. The fourth-order valence-electron chi connectivity index (χ4n) is 2.49. The lowest BCUT2D eigenvalue weighted by atomic mass is 10.1. The van der Waals surface area contributed by atoms with Crippen molar-refractivity contribution in [3.8, 4) is 0 Å². The summed E-state index contributed by atoms with van der Waals surface area (Å²) in [4.78, 5) is 11.7. The van der Waals surface area contributed by atoms with Crippen molar-refractivity contribution in [2.24, 2.45) is 0 Å². The first-order chi connectivity index (χ1) is 12.4. The molecule has 27 heavy (non-hydrogen) atoms. The van der Waals surface area contributed by atoms with Crippen molar-refractivity contribution in [3.63, 3.8) is 0 Å². The molecule has 0 radical (unpaired) electrons. The van der Waals surface area contributed by atoms with Crippen LogP contribution in [0.2, 0.25) is 0 Å². The van der Waals surface area contributed by atoms with Gasteiger partial charge in [0.05, 0.1) is 17.0 Å². The Hall–Kier alpha value is -2.39. The number of hydrogen-bond donors (Lipinski definition) is 1. The highest BCUT2D eigenvalue weighted by Gasteiger charge is 2.32. The number of anilines is 1. The maximum Gasteiger partial charge on any atom is 0.416 e. The van der Waals surface area contributed by atoms with Crippen LogP contribution < -0.4 is 5.32 Å². The topological polar surface area (TPSA) is 66.5 Å². The molecule has 0 fully saturated rings. The van der Waals surface area contributed by atoms with E-state index in [1.807, 2.05) is 6.07 Å². The van der Waals surface area contributed by atoms with Gasteiger partial charge in [0.15, 0.2) is 0 Å². The Balaban J connectivity index is 2.19. The zero-order valence-corrected chi connectivity index (χ0v) is 15.8. The standard InChI is InChI=1S/C18H19F3N2O3S/c1-12-6-4-7-13(2)17(12)22-16(24)11-23(3)27(25,26)15-9-5-8-14(10-15)18(19,20)21/h4-10H,11H2,1-3H3,(H,22,24). The van der Waals surface area contributed by atoms with E-state index in [4.69, 9.17) is 0 Å². The van der Waals surface area contributed by atoms with E-state index in [0.29, 0.717) is 16.1 Å². The van der Waals surface area contributed by atoms with Crippen LogP contribution in [0.1, 0.15) is 16.7 Å². The summed E-state index contributed by atoms with van der Waals surface area (Å²) >= 11 is 0. The van der Waals surface area contributed by atoms with Crippen LogP contribution in [0.5, 0.6) is 0 Å². The number of rotatable bonds is 5. The van der Waals surface area contributed by atoms with E-state index in [2.05, 4.69) is 5.32 Å². The van der Waals surface area contributed by atoms with Crippen LogP contribution in [0, 0.1) is 13.8 Å². The van der Waals surface area contributed by atoms with Crippen LogP contribution >= 0.6 is 0 Å². The van der Waals surface area contributed by atoms with Crippen LogP contribution in [0.25, 0.3) is 0 Å². The number of nitrogens with one attached hydrogen (secondary N) is 1. The van der Waals surface area contributed by atoms with Gasteiger partial charge in [-0.1, -0.05) is 24.3 Å². The van der Waals surface area contributed by atoms with Crippen molar-refractivity contribution in [2.75, 3.05) is 18.9 Å². The third-order valence-corrected chi connectivity index (χ3v) is 5.78. The number of nitrogens with zero attached hydrogens (tertiary/aromatic N) is 1. The lowest BCUT2D eigenvalue weighted by Gasteiger charge is -2.19. The molecule has 0 heterocycles. The van der Waals surface area contributed by atoms with Gasteiger partial charge in [0.2, 0.25) is 15.9 Å². The van der Waals surface area contributed by atoms with E-state index in [0.717, 1.165) is 36.4 Å². The zero-order valence-electron chi connectivity index (χ0n) is 15.0. The van der Waals surface area contributed by atoms with Gasteiger partial charge < -0.3 is 5.32 Å². The Kier molecular flexibility index (Phi) is 5.96. The zero-order chi connectivity index (χ0) is 20.4. The average Bonchev–Trinajstić information content (AvgIpc) is 2.57. The van der Waals surface area contributed by atoms with Gasteiger partial charge in [0.25, 0.3) is 0 Å². The molecule has 2 aromatic rings. The van der Waals surface area contributed by atoms with Gasteiger partial charge in [-0.3, -0.25) is 4.79 Å². The third-order valence-electron chi connectivity index (χ3n) is 3.98. The van der Waals surface area contributed by atoms with E-state index in [1.165, 1.54) is 0 Å². The fourth-order valence-corrected chi connectivity index (χ4v) is 3.66. The van der Waals surface area contributed by atoms with Crippen molar-refractivity contribution in [2.45, 2.75) is 24.9 Å². The van der Waals surface area contributed by atoms with Gasteiger partial charge in [-0.2, -0.15) is 17.5 Å². The second-order valence-corrected chi connectivity index (χ2v) is 8.15. The van der Waals surface area contributed by atoms with Gasteiger partial charge in [0.1, 0.15) is 0 Å². The van der Waals surface area contributed by atoms with Crippen molar-refractivity contribution in [1.82, 2.24) is 4.31 Å². The van der Waals surface area contributed by atoms with Crippen LogP contribution in [0.4, 0.5) is 18.9 Å². The number of hydrogen-bond acceptors (Lipinski definition) is 3. The number of alkyl halides is 3. The molecule has 5 nitrogen and oxygen atoms in total. The van der Waals surface area contributed by atoms with Crippen molar-refractivity contribution in [1.29, 1.82) is 0 Å². The molecule has 0 saturated carbocycles. The summed E-state index contributed by atoms with van der Waals surface area (Å²) in [7, 11) is -3.12. The summed E-state index contributed by atoms with van der Waals surface area (Å²) in [6.07, 6.45) is -4.66. The molecule has 0 spiro atoms. The predicted octanol–water partition coefficient (Wildman–Crippen LogP) is 3.58. The highest BCUT2D eigenvalue weighted by Crippen LogP contribution is 2.31. The molecule has 0 aliphatic heterocycles. The summed E-state index contributed by atoms with van der Waals surface area (Å²) in [5, 5.41) is 2.64. The maximum absolute atomic E-state index is 12.8. The van der Waals surface area contributed by atoms with E-state index < -0.39 is 39.1 Å². The number of carbonyl (C=O) groups excluding carboxylic acids is 1. The molecule has 146 valence electrons. The minimum Gasteiger partial charge on any atom is -0.324 e. The average molecular weight is 400 g/mol. The smallest absolute Gasteiger partial charge is 0.324 e. The SMILES string of the molecule is Cc1cccc(C)c1NC(=O)CN(C)S(=O)(=O)c1cccc(C(F)(F)F)c1. The van der Waals surface area contributed by atoms with E-state index in [9.17, 15) is 26.4 Å². The molecule has 0 aliphatic rings. The van der Waals surface area contributed by atoms with Crippen LogP contribution in [-0.4, -0.2) is 32.2 Å². The Labute approximate surface area is 155 Å². The van der Waals surface area contributed by atoms with Gasteiger partial charge >= 0.3 is 6.18 Å². The van der Waals surface area contributed by atoms with E-state index >= 15 is 0 Å². The molecule has 1 N–H and O–H groups in total. The molecular formula is C18H19F3N2O3S. The van der Waals surface area contributed by atoms with Crippen LogP contribution in [0.15, 0.2) is 47.4 Å². The third kappa shape index (κ3) is 4.86. The Bertz CT molecular complexity index is 936. The number of benzene rings is 2. The number of halogens is 3. The van der Waals surface area contributed by atoms with Crippen molar-refractivity contribution in [3.05, 3.63) is 59.2 Å². The molecule has 2 aromatic carbocycles. The number of para-hydroxylation sites is 1. The molecule has 0 bridgehead atoms. The first kappa shape index (κ1) is 20.9. The molecule has 1 amide bonds. The number of aryl methyl sites for hydroxylation is 2. The number of amides is 1. The van der Waals surface area contributed by atoms with Crippen molar-refractivity contribution < 1.29 is 26.4 Å². The Morgan fingerprint density at radius 3 is 2.19 bits per heavy atom. The largest absolute Gasteiger partial charge is 0.416 e. The molecule has 9 heteroatoms. The second kappa shape index (κ2) is 7.69. The van der Waals surface area contributed by atoms with Crippen LogP contribution in [0.3, 0.4) is 0 Å². The molecule has 0 atom stereocenters. The molecule has 0 aromatic heterocycles. The summed E-state index contributed by atoms with van der Waals surface area (Å²) in [5.41, 5.74) is 1.13. The molecular weight excluding hydrogens is 381 g/mol. The predicted molar refractivity (Wildman–Crippen MR) is 95.8 cm³/mol. The normalized spacial score (nSPS) is 12.3. The van der Waals surface area contributed by atoms with E-state index in [-0.39, 0.29) is 0 Å².